The fourth-order valence-electron chi connectivity index (χ4n) is 3.17. The molecule has 0 saturated carbocycles. The predicted molar refractivity (Wildman–Crippen MR) is 92.3 cm³/mol. The van der Waals surface area contributed by atoms with Crippen LogP contribution < -0.4 is 0 Å². The number of hydrogen-bond acceptors (Lipinski definition) is 0. The van der Waals surface area contributed by atoms with Gasteiger partial charge in [0, 0.05) is 9.30 Å². The van der Waals surface area contributed by atoms with E-state index in [0.29, 0.717) is 10.7 Å². The molecular formula is C18H17Br2F. The average Bonchev–Trinajstić information content (AvgIpc) is 2.64. The van der Waals surface area contributed by atoms with Gasteiger partial charge in [0.05, 0.1) is 0 Å². The normalized spacial score (nSPS) is 21.7. The first-order valence-corrected chi connectivity index (χ1v) is 9.02. The first-order chi connectivity index (χ1) is 10.1. The van der Waals surface area contributed by atoms with E-state index in [2.05, 4.69) is 56.1 Å². The van der Waals surface area contributed by atoms with Crippen LogP contribution in [0.25, 0.3) is 0 Å². The van der Waals surface area contributed by atoms with Crippen LogP contribution in [0.4, 0.5) is 4.39 Å². The first-order valence-electron chi connectivity index (χ1n) is 7.31. The summed E-state index contributed by atoms with van der Waals surface area (Å²) in [6.07, 6.45) is 4.18. The second-order valence-corrected chi connectivity index (χ2v) is 7.59. The molecule has 1 aliphatic rings. The third kappa shape index (κ3) is 3.40. The van der Waals surface area contributed by atoms with Gasteiger partial charge in [-0.05, 0) is 66.5 Å². The molecule has 3 heteroatoms. The lowest BCUT2D eigenvalue weighted by molar-refractivity contribution is 0.463. The lowest BCUT2D eigenvalue weighted by atomic mass is 9.90. The van der Waals surface area contributed by atoms with Crippen LogP contribution in [-0.4, -0.2) is 0 Å². The molecular weight excluding hydrogens is 395 g/mol. The van der Waals surface area contributed by atoms with Crippen LogP contribution in [0.5, 0.6) is 0 Å². The van der Waals surface area contributed by atoms with Gasteiger partial charge in [0.25, 0.3) is 0 Å². The number of halogens is 3. The molecule has 0 spiro atoms. The Kier molecular flexibility index (Phi) is 4.80. The van der Waals surface area contributed by atoms with Gasteiger partial charge >= 0.3 is 0 Å². The second-order valence-electron chi connectivity index (χ2n) is 5.69. The average molecular weight is 412 g/mol. The third-order valence-corrected chi connectivity index (χ3v) is 6.01. The predicted octanol–water partition coefficient (Wildman–Crippen LogP) is 6.22. The number of rotatable bonds is 2. The van der Waals surface area contributed by atoms with Crippen LogP contribution in [-0.2, 0) is 12.8 Å². The summed E-state index contributed by atoms with van der Waals surface area (Å²) >= 11 is 7.31. The molecule has 2 aromatic carbocycles. The van der Waals surface area contributed by atoms with E-state index in [1.807, 2.05) is 6.07 Å². The summed E-state index contributed by atoms with van der Waals surface area (Å²) in [6, 6.07) is 13.8. The van der Waals surface area contributed by atoms with Gasteiger partial charge in [0.15, 0.2) is 0 Å². The minimum Gasteiger partial charge on any atom is -0.207 e. The Morgan fingerprint density at radius 2 is 1.95 bits per heavy atom. The van der Waals surface area contributed by atoms with Crippen molar-refractivity contribution in [3.63, 3.8) is 0 Å². The number of alkyl halides is 1. The molecule has 3 rings (SSSR count). The van der Waals surface area contributed by atoms with Crippen molar-refractivity contribution in [2.24, 2.45) is 5.92 Å². The maximum absolute atomic E-state index is 14.0. The molecule has 0 N–H and O–H groups in total. The highest BCUT2D eigenvalue weighted by molar-refractivity contribution is 9.10. The highest BCUT2D eigenvalue weighted by Gasteiger charge is 2.26. The van der Waals surface area contributed by atoms with E-state index in [1.54, 1.807) is 12.1 Å². The van der Waals surface area contributed by atoms with Gasteiger partial charge in [0.1, 0.15) is 5.82 Å². The zero-order chi connectivity index (χ0) is 14.8. The Bertz CT molecular complexity index is 639. The minimum absolute atomic E-state index is 0.101. The number of hydrogen-bond donors (Lipinski definition) is 0. The van der Waals surface area contributed by atoms with Crippen molar-refractivity contribution in [1.29, 1.82) is 0 Å². The number of benzene rings is 2. The second kappa shape index (κ2) is 6.62. The van der Waals surface area contributed by atoms with E-state index in [-0.39, 0.29) is 5.82 Å². The van der Waals surface area contributed by atoms with E-state index >= 15 is 0 Å². The Morgan fingerprint density at radius 3 is 2.81 bits per heavy atom. The molecule has 110 valence electrons. The Labute approximate surface area is 142 Å². The molecule has 0 amide bonds. The summed E-state index contributed by atoms with van der Waals surface area (Å²) in [5, 5.41) is 0. The molecule has 2 atom stereocenters. The van der Waals surface area contributed by atoms with Gasteiger partial charge < -0.3 is 0 Å². The van der Waals surface area contributed by atoms with Crippen molar-refractivity contribution in [2.75, 3.05) is 0 Å². The number of aryl methyl sites for hydroxylation is 1. The van der Waals surface area contributed by atoms with Gasteiger partial charge in [-0.3, -0.25) is 0 Å². The van der Waals surface area contributed by atoms with E-state index in [1.165, 1.54) is 17.5 Å². The van der Waals surface area contributed by atoms with E-state index < -0.39 is 0 Å². The lowest BCUT2D eigenvalue weighted by Crippen LogP contribution is -2.11. The Morgan fingerprint density at radius 1 is 1.14 bits per heavy atom. The summed E-state index contributed by atoms with van der Waals surface area (Å²) in [7, 11) is 0. The summed E-state index contributed by atoms with van der Waals surface area (Å²) < 4.78 is 15.0. The molecule has 1 aliphatic carbocycles. The van der Waals surface area contributed by atoms with Crippen molar-refractivity contribution in [2.45, 2.75) is 30.5 Å². The van der Waals surface area contributed by atoms with Crippen molar-refractivity contribution < 1.29 is 4.39 Å². The maximum atomic E-state index is 14.0. The number of fused-ring (bicyclic) bond motifs is 1. The monoisotopic (exact) mass is 410 g/mol. The zero-order valence-electron chi connectivity index (χ0n) is 11.7. The molecule has 0 aliphatic heterocycles. The summed E-state index contributed by atoms with van der Waals surface area (Å²) in [4.78, 5) is 0.301. The molecule has 21 heavy (non-hydrogen) atoms. The van der Waals surface area contributed by atoms with Crippen molar-refractivity contribution in [3.05, 3.63) is 69.4 Å². The summed E-state index contributed by atoms with van der Waals surface area (Å²) in [6.45, 7) is 0. The molecule has 0 fully saturated rings. The molecule has 2 unspecified atom stereocenters. The standard InChI is InChI=1S/C18H17Br2F/c19-15-8-9-17(21)14(11-15)10-13-6-3-5-12-4-1-2-7-16(12)18(13)20/h1-2,4,7-9,11,13,18H,3,5-6,10H2. The topological polar surface area (TPSA) is 0 Å². The molecule has 0 saturated heterocycles. The molecule has 2 aromatic rings. The minimum atomic E-state index is -0.101. The van der Waals surface area contributed by atoms with Crippen LogP contribution in [0, 0.1) is 11.7 Å². The molecule has 0 nitrogen and oxygen atoms in total. The van der Waals surface area contributed by atoms with Gasteiger partial charge in [0.2, 0.25) is 0 Å². The van der Waals surface area contributed by atoms with Gasteiger partial charge in [-0.15, -0.1) is 0 Å². The Balaban J connectivity index is 1.87. The molecule has 0 heterocycles. The van der Waals surface area contributed by atoms with E-state index in [9.17, 15) is 4.39 Å². The van der Waals surface area contributed by atoms with Crippen LogP contribution >= 0.6 is 31.9 Å². The van der Waals surface area contributed by atoms with E-state index in [4.69, 9.17) is 0 Å². The van der Waals surface area contributed by atoms with Crippen molar-refractivity contribution >= 4 is 31.9 Å². The van der Waals surface area contributed by atoms with Crippen LogP contribution in [0.15, 0.2) is 46.9 Å². The molecule has 0 radical (unpaired) electrons. The Hall–Kier alpha value is -0.670. The SMILES string of the molecule is Fc1ccc(Br)cc1CC1CCCc2ccccc2C1Br. The van der Waals surface area contributed by atoms with Crippen LogP contribution in [0.3, 0.4) is 0 Å². The fraction of sp³-hybridized carbons (Fsp3) is 0.333. The highest BCUT2D eigenvalue weighted by Crippen LogP contribution is 2.41. The van der Waals surface area contributed by atoms with Crippen LogP contribution in [0.2, 0.25) is 0 Å². The van der Waals surface area contributed by atoms with Crippen molar-refractivity contribution in [3.8, 4) is 0 Å². The zero-order valence-corrected chi connectivity index (χ0v) is 14.8. The lowest BCUT2D eigenvalue weighted by Gasteiger charge is -2.22. The first kappa shape index (κ1) is 15.2. The largest absolute Gasteiger partial charge is 0.207 e. The highest BCUT2D eigenvalue weighted by atomic mass is 79.9. The van der Waals surface area contributed by atoms with Gasteiger partial charge in [-0.25, -0.2) is 4.39 Å². The maximum Gasteiger partial charge on any atom is 0.126 e. The fourth-order valence-corrected chi connectivity index (χ4v) is 4.48. The smallest absolute Gasteiger partial charge is 0.126 e. The van der Waals surface area contributed by atoms with Gasteiger partial charge in [-0.2, -0.15) is 0 Å². The summed E-state index contributed by atoms with van der Waals surface area (Å²) in [5.74, 6) is 0.327. The summed E-state index contributed by atoms with van der Waals surface area (Å²) in [5.41, 5.74) is 3.60. The molecule has 0 aromatic heterocycles. The van der Waals surface area contributed by atoms with E-state index in [0.717, 1.165) is 29.3 Å². The van der Waals surface area contributed by atoms with Crippen molar-refractivity contribution in [1.82, 2.24) is 0 Å². The van der Waals surface area contributed by atoms with Crippen LogP contribution in [0.1, 0.15) is 34.4 Å². The van der Waals surface area contributed by atoms with Gasteiger partial charge in [-0.1, -0.05) is 56.1 Å². The molecule has 0 bridgehead atoms. The third-order valence-electron chi connectivity index (χ3n) is 4.28. The quantitative estimate of drug-likeness (QED) is 0.406.